The lowest BCUT2D eigenvalue weighted by Crippen LogP contribution is -2.50. The Labute approximate surface area is 166 Å². The van der Waals surface area contributed by atoms with Gasteiger partial charge in [0.25, 0.3) is 0 Å². The van der Waals surface area contributed by atoms with Crippen LogP contribution in [0, 0.1) is 0 Å². The van der Waals surface area contributed by atoms with Crippen LogP contribution in [-0.2, 0) is 4.74 Å². The number of nitrogens with one attached hydrogen (secondary N) is 2. The predicted molar refractivity (Wildman–Crippen MR) is 108 cm³/mol. The van der Waals surface area contributed by atoms with Crippen molar-refractivity contribution in [3.63, 3.8) is 0 Å². The number of thiophene rings is 1. The molecule has 8 heteroatoms. The van der Waals surface area contributed by atoms with Crippen molar-refractivity contribution >= 4 is 23.5 Å². The van der Waals surface area contributed by atoms with Gasteiger partial charge < -0.3 is 20.3 Å². The summed E-state index contributed by atoms with van der Waals surface area (Å²) in [6, 6.07) is 2.25. The molecule has 1 aromatic heterocycles. The molecule has 2 rings (SSSR count). The zero-order valence-electron chi connectivity index (χ0n) is 16.6. The standard InChI is InChI=1S/C19H32N4O3S/c1-4-22(5-2)17(15-9-12-27-14-15)13-20-18(24)21-16-7-10-23(11-8-16)19(25)26-6-3/h9,12,14,16-17H,4-8,10-11,13H2,1-3H3,(H2,20,21,24). The van der Waals surface area contributed by atoms with Crippen LogP contribution in [0.3, 0.4) is 0 Å². The maximum absolute atomic E-state index is 12.4. The van der Waals surface area contributed by atoms with Crippen molar-refractivity contribution in [2.24, 2.45) is 0 Å². The summed E-state index contributed by atoms with van der Waals surface area (Å²) in [4.78, 5) is 28.1. The number of urea groups is 1. The number of rotatable bonds is 8. The van der Waals surface area contributed by atoms with E-state index < -0.39 is 0 Å². The molecule has 1 unspecified atom stereocenters. The highest BCUT2D eigenvalue weighted by Crippen LogP contribution is 2.22. The number of carbonyl (C=O) groups excluding carboxylic acids is 2. The van der Waals surface area contributed by atoms with Gasteiger partial charge in [-0.15, -0.1) is 0 Å². The lowest BCUT2D eigenvalue weighted by Gasteiger charge is -2.32. The molecule has 0 spiro atoms. The second-order valence-corrected chi connectivity index (χ2v) is 7.39. The van der Waals surface area contributed by atoms with Crippen LogP contribution in [0.2, 0.25) is 0 Å². The molecule has 0 saturated carbocycles. The molecule has 1 aliphatic rings. The molecule has 7 nitrogen and oxygen atoms in total. The molecule has 27 heavy (non-hydrogen) atoms. The second-order valence-electron chi connectivity index (χ2n) is 6.61. The Morgan fingerprint density at radius 3 is 2.56 bits per heavy atom. The summed E-state index contributed by atoms with van der Waals surface area (Å²) in [7, 11) is 0. The third-order valence-corrected chi connectivity index (χ3v) is 5.69. The minimum atomic E-state index is -0.266. The van der Waals surface area contributed by atoms with E-state index >= 15 is 0 Å². The molecule has 1 saturated heterocycles. The summed E-state index contributed by atoms with van der Waals surface area (Å²) in [5.41, 5.74) is 1.24. The number of likely N-dealkylation sites (N-methyl/N-ethyl adjacent to an activating group) is 1. The number of hydrogen-bond acceptors (Lipinski definition) is 5. The van der Waals surface area contributed by atoms with E-state index in [9.17, 15) is 9.59 Å². The van der Waals surface area contributed by atoms with Crippen LogP contribution in [0.15, 0.2) is 16.8 Å². The molecule has 0 radical (unpaired) electrons. The maximum atomic E-state index is 12.4. The maximum Gasteiger partial charge on any atom is 0.409 e. The molecule has 1 atom stereocenters. The van der Waals surface area contributed by atoms with Gasteiger partial charge in [-0.1, -0.05) is 13.8 Å². The smallest absolute Gasteiger partial charge is 0.409 e. The van der Waals surface area contributed by atoms with Gasteiger partial charge >= 0.3 is 12.1 Å². The fourth-order valence-corrected chi connectivity index (χ4v) is 4.14. The van der Waals surface area contributed by atoms with E-state index in [1.165, 1.54) is 5.56 Å². The van der Waals surface area contributed by atoms with Crippen molar-refractivity contribution in [1.29, 1.82) is 0 Å². The van der Waals surface area contributed by atoms with Crippen molar-refractivity contribution in [2.45, 2.75) is 45.7 Å². The number of likely N-dealkylation sites (tertiary alicyclic amines) is 1. The van der Waals surface area contributed by atoms with E-state index in [0.29, 0.717) is 26.2 Å². The molecule has 0 aliphatic carbocycles. The van der Waals surface area contributed by atoms with Crippen molar-refractivity contribution < 1.29 is 14.3 Å². The predicted octanol–water partition coefficient (Wildman–Crippen LogP) is 3.05. The first-order valence-corrected chi connectivity index (χ1v) is 10.7. The van der Waals surface area contributed by atoms with E-state index in [1.807, 2.05) is 0 Å². The van der Waals surface area contributed by atoms with Crippen LogP contribution in [0.1, 0.15) is 45.2 Å². The number of nitrogens with zero attached hydrogens (tertiary/aromatic N) is 2. The van der Waals surface area contributed by atoms with Crippen LogP contribution in [0.5, 0.6) is 0 Å². The van der Waals surface area contributed by atoms with E-state index in [-0.39, 0.29) is 24.2 Å². The molecule has 1 aromatic rings. The van der Waals surface area contributed by atoms with Crippen LogP contribution < -0.4 is 10.6 Å². The average Bonchev–Trinajstić information content (AvgIpc) is 3.20. The highest BCUT2D eigenvalue weighted by molar-refractivity contribution is 7.07. The topological polar surface area (TPSA) is 73.9 Å². The van der Waals surface area contributed by atoms with Crippen LogP contribution in [0.4, 0.5) is 9.59 Å². The third-order valence-electron chi connectivity index (χ3n) is 4.99. The average molecular weight is 397 g/mol. The lowest BCUT2D eigenvalue weighted by molar-refractivity contribution is 0.0957. The zero-order valence-corrected chi connectivity index (χ0v) is 17.4. The summed E-state index contributed by atoms with van der Waals surface area (Å²) < 4.78 is 5.03. The number of amides is 3. The molecule has 3 amide bonds. The van der Waals surface area contributed by atoms with Crippen molar-refractivity contribution in [2.75, 3.05) is 39.3 Å². The fraction of sp³-hybridized carbons (Fsp3) is 0.684. The fourth-order valence-electron chi connectivity index (χ4n) is 3.43. The first kappa shape index (κ1) is 21.5. The van der Waals surface area contributed by atoms with Gasteiger partial charge in [-0.2, -0.15) is 11.3 Å². The van der Waals surface area contributed by atoms with Crippen molar-refractivity contribution in [1.82, 2.24) is 20.4 Å². The second kappa shape index (κ2) is 11.1. The zero-order chi connectivity index (χ0) is 19.6. The molecule has 1 aliphatic heterocycles. The Bertz CT molecular complexity index is 570. The van der Waals surface area contributed by atoms with Crippen molar-refractivity contribution in [3.05, 3.63) is 22.4 Å². The van der Waals surface area contributed by atoms with Gasteiger partial charge in [-0.3, -0.25) is 4.90 Å². The summed E-state index contributed by atoms with van der Waals surface area (Å²) >= 11 is 1.68. The molecule has 1 fully saturated rings. The molecule has 2 N–H and O–H groups in total. The highest BCUT2D eigenvalue weighted by atomic mass is 32.1. The first-order valence-electron chi connectivity index (χ1n) is 9.81. The van der Waals surface area contributed by atoms with E-state index in [2.05, 4.69) is 46.2 Å². The Morgan fingerprint density at radius 2 is 2.00 bits per heavy atom. The molecule has 2 heterocycles. The number of carbonyl (C=O) groups is 2. The minimum Gasteiger partial charge on any atom is -0.450 e. The van der Waals surface area contributed by atoms with Crippen LogP contribution >= 0.6 is 11.3 Å². The minimum absolute atomic E-state index is 0.0868. The van der Waals surface area contributed by atoms with Gasteiger partial charge in [0, 0.05) is 25.7 Å². The molecular weight excluding hydrogens is 364 g/mol. The first-order chi connectivity index (χ1) is 13.1. The molecule has 0 aromatic carbocycles. The Kier molecular flexibility index (Phi) is 8.87. The quantitative estimate of drug-likeness (QED) is 0.708. The SMILES string of the molecule is CCOC(=O)N1CCC(NC(=O)NCC(c2ccsc2)N(CC)CC)CC1. The number of hydrogen-bond donors (Lipinski definition) is 2. The van der Waals surface area contributed by atoms with E-state index in [0.717, 1.165) is 25.9 Å². The number of ether oxygens (including phenoxy) is 1. The van der Waals surface area contributed by atoms with Gasteiger partial charge in [-0.25, -0.2) is 9.59 Å². The van der Waals surface area contributed by atoms with Gasteiger partial charge in [0.2, 0.25) is 0 Å². The van der Waals surface area contributed by atoms with Gasteiger partial charge in [-0.05, 0) is 55.2 Å². The largest absolute Gasteiger partial charge is 0.450 e. The molecule has 0 bridgehead atoms. The summed E-state index contributed by atoms with van der Waals surface area (Å²) in [5.74, 6) is 0. The highest BCUT2D eigenvalue weighted by Gasteiger charge is 2.25. The normalized spacial score (nSPS) is 16.2. The van der Waals surface area contributed by atoms with Crippen LogP contribution in [-0.4, -0.2) is 67.3 Å². The Hall–Kier alpha value is -1.80. The molecular formula is C19H32N4O3S. The Morgan fingerprint density at radius 1 is 1.30 bits per heavy atom. The molecule has 152 valence electrons. The monoisotopic (exact) mass is 396 g/mol. The summed E-state index contributed by atoms with van der Waals surface area (Å²) in [6.45, 7) is 10.1. The lowest BCUT2D eigenvalue weighted by atomic mass is 10.1. The van der Waals surface area contributed by atoms with Crippen molar-refractivity contribution in [3.8, 4) is 0 Å². The van der Waals surface area contributed by atoms with Gasteiger partial charge in [0.15, 0.2) is 0 Å². The summed E-state index contributed by atoms with van der Waals surface area (Å²) in [6.07, 6.45) is 1.23. The van der Waals surface area contributed by atoms with Crippen LogP contribution in [0.25, 0.3) is 0 Å². The van der Waals surface area contributed by atoms with E-state index in [4.69, 9.17) is 4.74 Å². The van der Waals surface area contributed by atoms with Gasteiger partial charge in [0.05, 0.1) is 12.6 Å². The van der Waals surface area contributed by atoms with Gasteiger partial charge in [0.1, 0.15) is 0 Å². The number of piperidine rings is 1. The summed E-state index contributed by atoms with van der Waals surface area (Å²) in [5, 5.41) is 10.3. The Balaban J connectivity index is 1.79. The third kappa shape index (κ3) is 6.39. The van der Waals surface area contributed by atoms with E-state index in [1.54, 1.807) is 23.2 Å².